The molecule has 162 valence electrons. The average molecular weight is 429 g/mol. The van der Waals surface area contributed by atoms with E-state index in [-0.39, 0.29) is 11.3 Å². The van der Waals surface area contributed by atoms with Crippen LogP contribution in [0.4, 0.5) is 5.69 Å². The van der Waals surface area contributed by atoms with Crippen molar-refractivity contribution in [1.29, 1.82) is 0 Å². The summed E-state index contributed by atoms with van der Waals surface area (Å²) < 4.78 is 10.7. The molecule has 1 aliphatic rings. The van der Waals surface area contributed by atoms with Crippen molar-refractivity contribution < 1.29 is 24.2 Å². The van der Waals surface area contributed by atoms with Crippen molar-refractivity contribution in [3.63, 3.8) is 0 Å². The number of rotatable bonds is 5. The molecule has 3 aromatic rings. The fourth-order valence-electron chi connectivity index (χ4n) is 4.01. The summed E-state index contributed by atoms with van der Waals surface area (Å²) in [6.45, 7) is 1.87. The Bertz CT molecular complexity index is 1210. The van der Waals surface area contributed by atoms with E-state index in [1.165, 1.54) is 12.0 Å². The molecule has 0 radical (unpaired) electrons. The van der Waals surface area contributed by atoms with Crippen molar-refractivity contribution in [3.05, 3.63) is 95.1 Å². The molecule has 4 rings (SSSR count). The molecule has 6 nitrogen and oxygen atoms in total. The lowest BCUT2D eigenvalue weighted by Crippen LogP contribution is -2.30. The SMILES string of the molecule is COc1ccc(/C(O)=C2\C(=O)C(=O)N(c3ccccc3C)C2c2ccccc2OC)cc1. The van der Waals surface area contributed by atoms with E-state index < -0.39 is 17.7 Å². The van der Waals surface area contributed by atoms with E-state index in [0.717, 1.165) is 5.56 Å². The minimum absolute atomic E-state index is 0.00733. The van der Waals surface area contributed by atoms with E-state index in [0.29, 0.717) is 28.3 Å². The van der Waals surface area contributed by atoms with Crippen LogP contribution in [0.5, 0.6) is 11.5 Å². The highest BCUT2D eigenvalue weighted by atomic mass is 16.5. The molecule has 1 unspecified atom stereocenters. The molecule has 1 aliphatic heterocycles. The predicted octanol–water partition coefficient (Wildman–Crippen LogP) is 4.64. The second-order valence-corrected chi connectivity index (χ2v) is 7.43. The van der Waals surface area contributed by atoms with Gasteiger partial charge in [0.2, 0.25) is 0 Å². The van der Waals surface area contributed by atoms with Crippen LogP contribution in [0.15, 0.2) is 78.4 Å². The van der Waals surface area contributed by atoms with Crippen LogP contribution in [0, 0.1) is 6.92 Å². The van der Waals surface area contributed by atoms with Crippen LogP contribution < -0.4 is 14.4 Å². The highest BCUT2D eigenvalue weighted by molar-refractivity contribution is 6.51. The number of methoxy groups -OCH3 is 2. The Morgan fingerprint density at radius 3 is 2.19 bits per heavy atom. The van der Waals surface area contributed by atoms with E-state index in [2.05, 4.69) is 0 Å². The van der Waals surface area contributed by atoms with Gasteiger partial charge in [0.15, 0.2) is 0 Å². The van der Waals surface area contributed by atoms with Crippen molar-refractivity contribution in [2.45, 2.75) is 13.0 Å². The van der Waals surface area contributed by atoms with Gasteiger partial charge in [-0.1, -0.05) is 36.4 Å². The first-order chi connectivity index (χ1) is 15.5. The number of aryl methyl sites for hydroxylation is 1. The first-order valence-corrected chi connectivity index (χ1v) is 10.1. The highest BCUT2D eigenvalue weighted by Gasteiger charge is 2.48. The lowest BCUT2D eigenvalue weighted by atomic mass is 9.94. The molecule has 6 heteroatoms. The maximum Gasteiger partial charge on any atom is 0.300 e. The number of hydrogen-bond donors (Lipinski definition) is 1. The van der Waals surface area contributed by atoms with E-state index in [4.69, 9.17) is 9.47 Å². The van der Waals surface area contributed by atoms with Gasteiger partial charge >= 0.3 is 0 Å². The smallest absolute Gasteiger partial charge is 0.300 e. The van der Waals surface area contributed by atoms with Gasteiger partial charge in [-0.2, -0.15) is 0 Å². The monoisotopic (exact) mass is 429 g/mol. The normalized spacial score (nSPS) is 17.5. The van der Waals surface area contributed by atoms with Gasteiger partial charge in [-0.3, -0.25) is 14.5 Å². The van der Waals surface area contributed by atoms with Gasteiger partial charge in [-0.25, -0.2) is 0 Å². The number of ketones is 1. The number of benzene rings is 3. The number of hydrogen-bond acceptors (Lipinski definition) is 5. The molecule has 1 heterocycles. The zero-order chi connectivity index (χ0) is 22.8. The zero-order valence-corrected chi connectivity index (χ0v) is 18.0. The molecule has 0 aliphatic carbocycles. The molecule has 1 N–H and O–H groups in total. The van der Waals surface area contributed by atoms with Crippen LogP contribution in [0.2, 0.25) is 0 Å². The van der Waals surface area contributed by atoms with Crippen LogP contribution in [0.25, 0.3) is 5.76 Å². The third-order valence-electron chi connectivity index (χ3n) is 5.62. The summed E-state index contributed by atoms with van der Waals surface area (Å²) in [5, 5.41) is 11.2. The Labute approximate surface area is 186 Å². The summed E-state index contributed by atoms with van der Waals surface area (Å²) in [4.78, 5) is 27.9. The molecule has 0 bridgehead atoms. The highest BCUT2D eigenvalue weighted by Crippen LogP contribution is 2.45. The molecule has 0 aromatic heterocycles. The summed E-state index contributed by atoms with van der Waals surface area (Å²) in [6, 6.07) is 20.3. The van der Waals surface area contributed by atoms with Crippen molar-refractivity contribution in [2.75, 3.05) is 19.1 Å². The molecule has 0 saturated carbocycles. The fraction of sp³-hybridized carbons (Fsp3) is 0.154. The van der Waals surface area contributed by atoms with Crippen LogP contribution >= 0.6 is 0 Å². The predicted molar refractivity (Wildman–Crippen MR) is 122 cm³/mol. The number of carbonyl (C=O) groups is 2. The standard InChI is InChI=1S/C26H23NO5/c1-16-8-4-6-10-20(16)27-23(19-9-5-7-11-21(19)32-3)22(25(29)26(27)30)24(28)17-12-14-18(31-2)15-13-17/h4-15,23,28H,1-3H3/b24-22+. The molecule has 1 atom stereocenters. The summed E-state index contributed by atoms with van der Waals surface area (Å²) in [5.74, 6) is -0.581. The zero-order valence-electron chi connectivity index (χ0n) is 18.0. The third kappa shape index (κ3) is 3.50. The number of ether oxygens (including phenoxy) is 2. The van der Waals surface area contributed by atoms with E-state index in [9.17, 15) is 14.7 Å². The van der Waals surface area contributed by atoms with Crippen molar-refractivity contribution in [2.24, 2.45) is 0 Å². The minimum Gasteiger partial charge on any atom is -0.507 e. The summed E-state index contributed by atoms with van der Waals surface area (Å²) in [7, 11) is 3.08. The topological polar surface area (TPSA) is 76.1 Å². The van der Waals surface area contributed by atoms with Crippen LogP contribution in [0.1, 0.15) is 22.7 Å². The Kier molecular flexibility index (Phi) is 5.69. The third-order valence-corrected chi connectivity index (χ3v) is 5.62. The van der Waals surface area contributed by atoms with Crippen molar-refractivity contribution in [3.8, 4) is 11.5 Å². The fourth-order valence-corrected chi connectivity index (χ4v) is 4.01. The van der Waals surface area contributed by atoms with Gasteiger partial charge in [0.25, 0.3) is 11.7 Å². The van der Waals surface area contributed by atoms with Gasteiger partial charge < -0.3 is 14.6 Å². The Hall–Kier alpha value is -4.06. The van der Waals surface area contributed by atoms with Crippen LogP contribution in [-0.4, -0.2) is 31.0 Å². The Morgan fingerprint density at radius 1 is 0.875 bits per heavy atom. The van der Waals surface area contributed by atoms with Gasteiger partial charge in [-0.05, 0) is 48.9 Å². The lowest BCUT2D eigenvalue weighted by molar-refractivity contribution is -0.132. The number of amides is 1. The van der Waals surface area contributed by atoms with Crippen LogP contribution in [0.3, 0.4) is 0 Å². The first kappa shape index (κ1) is 21.2. The number of para-hydroxylation sites is 2. The van der Waals surface area contributed by atoms with Gasteiger partial charge in [0.05, 0.1) is 25.8 Å². The molecule has 32 heavy (non-hydrogen) atoms. The molecule has 3 aromatic carbocycles. The van der Waals surface area contributed by atoms with Crippen molar-refractivity contribution >= 4 is 23.1 Å². The van der Waals surface area contributed by atoms with Gasteiger partial charge in [0, 0.05) is 16.8 Å². The number of aliphatic hydroxyl groups excluding tert-OH is 1. The minimum atomic E-state index is -0.852. The largest absolute Gasteiger partial charge is 0.507 e. The molecule has 0 spiro atoms. The molecule has 1 fully saturated rings. The number of carbonyl (C=O) groups excluding carboxylic acids is 2. The quantitative estimate of drug-likeness (QED) is 0.363. The van der Waals surface area contributed by atoms with E-state index in [1.54, 1.807) is 49.6 Å². The van der Waals surface area contributed by atoms with E-state index >= 15 is 0 Å². The first-order valence-electron chi connectivity index (χ1n) is 10.1. The molecular formula is C26H23NO5. The number of Topliss-reactive ketones (excluding diaryl/α,β-unsaturated/α-hetero) is 1. The summed E-state index contributed by atoms with van der Waals surface area (Å²) in [6.07, 6.45) is 0. The lowest BCUT2D eigenvalue weighted by Gasteiger charge is -2.27. The second kappa shape index (κ2) is 8.59. The second-order valence-electron chi connectivity index (χ2n) is 7.43. The number of anilines is 1. The summed E-state index contributed by atoms with van der Waals surface area (Å²) >= 11 is 0. The summed E-state index contributed by atoms with van der Waals surface area (Å²) in [5.41, 5.74) is 2.45. The van der Waals surface area contributed by atoms with E-state index in [1.807, 2.05) is 37.3 Å². The molecule has 1 saturated heterocycles. The maximum absolute atomic E-state index is 13.3. The Balaban J connectivity index is 1.98. The Morgan fingerprint density at radius 2 is 1.53 bits per heavy atom. The maximum atomic E-state index is 13.3. The van der Waals surface area contributed by atoms with Gasteiger partial charge in [0.1, 0.15) is 17.3 Å². The molecular weight excluding hydrogens is 406 g/mol. The average Bonchev–Trinajstić information content (AvgIpc) is 3.09. The van der Waals surface area contributed by atoms with Gasteiger partial charge in [-0.15, -0.1) is 0 Å². The number of nitrogens with zero attached hydrogens (tertiary/aromatic N) is 1. The van der Waals surface area contributed by atoms with Crippen molar-refractivity contribution in [1.82, 2.24) is 0 Å². The van der Waals surface area contributed by atoms with Crippen LogP contribution in [-0.2, 0) is 9.59 Å². The number of aliphatic hydroxyl groups is 1. The molecule has 1 amide bonds.